The predicted molar refractivity (Wildman–Crippen MR) is 340 cm³/mol. The molecule has 4 aromatic heterocycles. The minimum Gasteiger partial charge on any atom is -0.768 e. The van der Waals surface area contributed by atoms with Crippen LogP contribution in [0.25, 0.3) is 44.1 Å². The van der Waals surface area contributed by atoms with E-state index in [-0.39, 0.29) is 31.1 Å². The smallest absolute Gasteiger partial charge is 0.309 e. The molecule has 85 heavy (non-hydrogen) atoms. The summed E-state index contributed by atoms with van der Waals surface area (Å²) in [5.74, 6) is 1.30. The van der Waals surface area contributed by atoms with Crippen molar-refractivity contribution in [2.75, 3.05) is 47.7 Å². The lowest BCUT2D eigenvalue weighted by atomic mass is 9.80. The summed E-state index contributed by atoms with van der Waals surface area (Å²) in [5, 5.41) is 5.75. The lowest BCUT2D eigenvalue weighted by Gasteiger charge is -2.42. The Hall–Kier alpha value is -6.29. The third-order valence-corrected chi connectivity index (χ3v) is 19.7. The first-order valence-electron chi connectivity index (χ1n) is 28.4. The third-order valence-electron chi connectivity index (χ3n) is 16.4. The zero-order valence-corrected chi connectivity index (χ0v) is 53.5. The number of anilines is 1. The zero-order chi connectivity index (χ0) is 61.8. The van der Waals surface area contributed by atoms with Crippen LogP contribution in [0.1, 0.15) is 102 Å². The van der Waals surface area contributed by atoms with Gasteiger partial charge in [0, 0.05) is 68.0 Å². The van der Waals surface area contributed by atoms with Gasteiger partial charge in [-0.25, -0.2) is 38.3 Å². The Kier molecular flexibility index (Phi) is 22.9. The summed E-state index contributed by atoms with van der Waals surface area (Å²) < 4.78 is 71.0. The zero-order valence-electron chi connectivity index (χ0n) is 50.4. The summed E-state index contributed by atoms with van der Waals surface area (Å²) in [4.78, 5) is 31.0. The van der Waals surface area contributed by atoms with Crippen LogP contribution in [0.2, 0.25) is 10.0 Å². The average Bonchev–Trinajstić information content (AvgIpc) is 3.13. The summed E-state index contributed by atoms with van der Waals surface area (Å²) in [6, 6.07) is 29.1. The highest BCUT2D eigenvalue weighted by Crippen LogP contribution is 2.37. The second-order valence-electron chi connectivity index (χ2n) is 22.4. The predicted octanol–water partition coefficient (Wildman–Crippen LogP) is 13.1. The molecule has 0 aliphatic heterocycles. The molecule has 4 heterocycles. The van der Waals surface area contributed by atoms with Gasteiger partial charge in [-0.1, -0.05) is 61.3 Å². The van der Waals surface area contributed by atoms with Crippen LogP contribution in [-0.4, -0.2) is 122 Å². The number of benzene rings is 4. The van der Waals surface area contributed by atoms with Crippen LogP contribution in [-0.2, 0) is 39.5 Å². The Morgan fingerprint density at radius 3 is 1.73 bits per heavy atom. The number of ether oxygens (including phenoxy) is 2. The van der Waals surface area contributed by atoms with E-state index in [4.69, 9.17) is 43.4 Å². The van der Waals surface area contributed by atoms with Crippen LogP contribution in [0, 0.1) is 13.0 Å². The Balaban J connectivity index is 0.000000197. The highest BCUT2D eigenvalue weighted by atomic mass is 35.5. The molecule has 10 rings (SSSR count). The normalized spacial score (nSPS) is 19.0. The maximum atomic E-state index is 13.3. The number of hydrogen-bond donors (Lipinski definition) is 2. The SMILES string of the molecule is CCc1cc(-c2ccc(C)nc2OC)cc2cnc(F)nc12.CCc1cc(-c2ccc(CS(=O)(=O)c3ccccc3Cl)nc2OC)cc2cnc(NC3CCC(C)(N(C)C)CC3)nc12.CN(C)C1(C)CCC(N)CC1.O=S([O-])c1ccccc1Cl. The summed E-state index contributed by atoms with van der Waals surface area (Å²) in [7, 11) is 8.10. The van der Waals surface area contributed by atoms with Gasteiger partial charge in [-0.15, -0.1) is 0 Å². The van der Waals surface area contributed by atoms with E-state index in [9.17, 15) is 21.6 Å². The van der Waals surface area contributed by atoms with E-state index in [1.54, 1.807) is 43.5 Å². The number of halogens is 3. The molecule has 1 unspecified atom stereocenters. The molecule has 2 aliphatic rings. The molecule has 1 atom stereocenters. The van der Waals surface area contributed by atoms with Crippen molar-refractivity contribution in [3.05, 3.63) is 148 Å². The molecule has 0 spiro atoms. The van der Waals surface area contributed by atoms with Gasteiger partial charge in [0.1, 0.15) is 0 Å². The lowest BCUT2D eigenvalue weighted by Crippen LogP contribution is -2.46. The van der Waals surface area contributed by atoms with Crippen molar-refractivity contribution in [3.63, 3.8) is 0 Å². The van der Waals surface area contributed by atoms with Gasteiger partial charge in [0.2, 0.25) is 17.7 Å². The van der Waals surface area contributed by atoms with Crippen molar-refractivity contribution in [2.24, 2.45) is 5.73 Å². The number of methoxy groups -OCH3 is 2. The van der Waals surface area contributed by atoms with Gasteiger partial charge >= 0.3 is 6.08 Å². The van der Waals surface area contributed by atoms with E-state index in [2.05, 4.69) is 95.1 Å². The molecule has 0 amide bonds. The third kappa shape index (κ3) is 16.8. The molecular formula is C64H78Cl2FN10O6S2-. The molecule has 0 bridgehead atoms. The number of nitrogens with one attached hydrogen (secondary N) is 1. The molecule has 2 aliphatic carbocycles. The van der Waals surface area contributed by atoms with Gasteiger partial charge in [0.05, 0.1) is 51.6 Å². The van der Waals surface area contributed by atoms with E-state index < -0.39 is 27.0 Å². The van der Waals surface area contributed by atoms with Gasteiger partial charge in [-0.2, -0.15) is 4.39 Å². The standard InChI is InChI=1S/C32H38ClN5O3S.C17H16FN3O.C9H20N2.C6H5ClO2S/c1-6-21-17-22(18-23-19-34-31(37-29(21)23)36-24-13-15-32(2,16-14-24)38(3)4)26-12-11-25(35-30(26)41-5)20-42(39,40)28-10-8-7-9-27(28)33;1-4-11-7-12(8-13-9-19-17(18)21-15(11)13)14-6-5-10(2)20-16(14)22-3;1-9(11(2)3)6-4-8(10)5-7-9;7-5-3-1-2-4-6(5)10(8)9/h7-12,17-19,24H,6,13-16,20H2,1-5H3,(H,34,36,37);5-9H,4H2,1-3H3;8H,4-7,10H2,1-3H3;1-4H,(H,8,9)/p-1. The molecule has 0 saturated heterocycles. The van der Waals surface area contributed by atoms with E-state index in [0.717, 1.165) is 93.9 Å². The van der Waals surface area contributed by atoms with Gasteiger partial charge < -0.3 is 34.9 Å². The summed E-state index contributed by atoms with van der Waals surface area (Å²) in [6.07, 6.45) is 13.5. The summed E-state index contributed by atoms with van der Waals surface area (Å²) >= 11 is 9.46. The first-order chi connectivity index (χ1) is 40.4. The second kappa shape index (κ2) is 29.4. The molecular weight excluding hydrogens is 1160 g/mol. The highest BCUT2D eigenvalue weighted by Gasteiger charge is 2.34. The molecule has 454 valence electrons. The van der Waals surface area contributed by atoms with Gasteiger partial charge in [-0.3, -0.25) is 4.21 Å². The first-order valence-corrected chi connectivity index (χ1v) is 31.9. The molecule has 8 aromatic rings. The maximum Gasteiger partial charge on any atom is 0.309 e. The number of aryl methyl sites for hydroxylation is 3. The Morgan fingerprint density at radius 2 is 1.21 bits per heavy atom. The molecule has 16 nitrogen and oxygen atoms in total. The second-order valence-corrected chi connectivity index (χ2v) is 26.1. The Morgan fingerprint density at radius 1 is 0.706 bits per heavy atom. The summed E-state index contributed by atoms with van der Waals surface area (Å²) in [5.41, 5.74) is 14.9. The number of aromatic nitrogens is 6. The van der Waals surface area contributed by atoms with Crippen molar-refractivity contribution >= 4 is 71.9 Å². The van der Waals surface area contributed by atoms with Gasteiger partial charge in [0.25, 0.3) is 0 Å². The number of hydrogen-bond acceptors (Lipinski definition) is 16. The van der Waals surface area contributed by atoms with Crippen LogP contribution in [0.4, 0.5) is 10.3 Å². The number of nitrogens with two attached hydrogens (primary N) is 1. The average molecular weight is 1240 g/mol. The van der Waals surface area contributed by atoms with Crippen LogP contribution in [0.15, 0.2) is 119 Å². The van der Waals surface area contributed by atoms with Crippen molar-refractivity contribution in [1.29, 1.82) is 0 Å². The van der Waals surface area contributed by atoms with Crippen LogP contribution >= 0.6 is 23.2 Å². The molecule has 2 saturated carbocycles. The van der Waals surface area contributed by atoms with Crippen molar-refractivity contribution in [2.45, 2.75) is 138 Å². The van der Waals surface area contributed by atoms with Crippen molar-refractivity contribution in [1.82, 2.24) is 39.7 Å². The number of sulfone groups is 1. The number of nitrogens with zero attached hydrogens (tertiary/aromatic N) is 8. The van der Waals surface area contributed by atoms with Crippen LogP contribution in [0.5, 0.6) is 11.8 Å². The minimum absolute atomic E-state index is 0.0861. The van der Waals surface area contributed by atoms with E-state index >= 15 is 0 Å². The molecule has 4 aromatic carbocycles. The largest absolute Gasteiger partial charge is 0.768 e. The highest BCUT2D eigenvalue weighted by molar-refractivity contribution is 7.90. The molecule has 3 N–H and O–H groups in total. The van der Waals surface area contributed by atoms with Gasteiger partial charge in [-0.05, 0) is 219 Å². The topological polar surface area (TPSA) is 215 Å². The van der Waals surface area contributed by atoms with E-state index in [0.29, 0.717) is 46.5 Å². The fourth-order valence-corrected chi connectivity index (χ4v) is 13.0. The van der Waals surface area contributed by atoms with Crippen molar-refractivity contribution < 1.29 is 31.0 Å². The monoisotopic (exact) mass is 1240 g/mol. The fraction of sp³-hybridized carbons (Fsp3) is 0.406. The number of fused-ring (bicyclic) bond motifs is 2. The number of pyridine rings is 2. The molecule has 2 fully saturated rings. The van der Waals surface area contributed by atoms with Crippen molar-refractivity contribution in [3.8, 4) is 34.0 Å². The van der Waals surface area contributed by atoms with Crippen LogP contribution < -0.4 is 20.5 Å². The van der Waals surface area contributed by atoms with Crippen LogP contribution in [0.3, 0.4) is 0 Å². The van der Waals surface area contributed by atoms with E-state index in [1.807, 2.05) is 56.4 Å². The Labute approximate surface area is 512 Å². The number of rotatable bonds is 14. The van der Waals surface area contributed by atoms with E-state index in [1.165, 1.54) is 57.2 Å². The molecule has 0 radical (unpaired) electrons. The quantitative estimate of drug-likeness (QED) is 0.0765. The minimum atomic E-state index is -3.69. The Bertz CT molecular complexity index is 3730. The lowest BCUT2D eigenvalue weighted by molar-refractivity contribution is 0.113. The molecule has 21 heteroatoms. The summed E-state index contributed by atoms with van der Waals surface area (Å²) in [6.45, 7) is 10.7. The fourth-order valence-electron chi connectivity index (χ4n) is 10.5. The van der Waals surface area contributed by atoms with Gasteiger partial charge in [0.15, 0.2) is 9.84 Å². The maximum absolute atomic E-state index is 13.3. The first kappa shape index (κ1) is 66.2.